The molecule has 0 aliphatic heterocycles. The fourth-order valence-corrected chi connectivity index (χ4v) is 2.79. The lowest BCUT2D eigenvalue weighted by molar-refractivity contribution is 0.305. The van der Waals surface area contributed by atoms with Gasteiger partial charge in [-0.2, -0.15) is 0 Å². The maximum absolute atomic E-state index is 13.0. The average molecular weight is 346 g/mol. The van der Waals surface area contributed by atoms with Crippen molar-refractivity contribution in [2.75, 3.05) is 5.73 Å². The normalized spacial score (nSPS) is 10.8. The van der Waals surface area contributed by atoms with Crippen LogP contribution in [0.2, 0.25) is 0 Å². The van der Waals surface area contributed by atoms with E-state index in [1.807, 2.05) is 36.4 Å². The Balaban J connectivity index is 1.87. The lowest BCUT2D eigenvalue weighted by atomic mass is 10.1. The third kappa shape index (κ3) is 2.85. The molecule has 0 atom stereocenters. The number of nitrogens with two attached hydrogens (primary N) is 1. The second-order valence-corrected chi connectivity index (χ2v) is 5.52. The number of ether oxygens (including phenoxy) is 1. The predicted octanol–water partition coefficient (Wildman–Crippen LogP) is 4.90. The van der Waals surface area contributed by atoms with Crippen LogP contribution in [0, 0.1) is 5.82 Å². The van der Waals surface area contributed by atoms with Crippen molar-refractivity contribution >= 4 is 32.4 Å². The van der Waals surface area contributed by atoms with Crippen molar-refractivity contribution < 1.29 is 9.13 Å². The Labute approximate surface area is 130 Å². The first kappa shape index (κ1) is 13.9. The lowest BCUT2D eigenvalue weighted by Gasteiger charge is -2.11. The summed E-state index contributed by atoms with van der Waals surface area (Å²) >= 11 is 3.57. The van der Waals surface area contributed by atoms with Crippen LogP contribution in [-0.2, 0) is 6.61 Å². The summed E-state index contributed by atoms with van der Waals surface area (Å²) in [6.45, 7) is 0.295. The summed E-state index contributed by atoms with van der Waals surface area (Å²) in [5.41, 5.74) is 6.94. The third-order valence-corrected chi connectivity index (χ3v) is 4.14. The van der Waals surface area contributed by atoms with Crippen molar-refractivity contribution in [3.8, 4) is 5.75 Å². The lowest BCUT2D eigenvalue weighted by Crippen LogP contribution is -2.01. The first-order valence-electron chi connectivity index (χ1n) is 6.49. The highest BCUT2D eigenvalue weighted by atomic mass is 79.9. The number of fused-ring (bicyclic) bond motifs is 1. The second kappa shape index (κ2) is 5.74. The molecular weight excluding hydrogens is 333 g/mol. The van der Waals surface area contributed by atoms with Crippen molar-refractivity contribution in [2.24, 2.45) is 0 Å². The minimum absolute atomic E-state index is 0.295. The topological polar surface area (TPSA) is 35.2 Å². The number of rotatable bonds is 3. The molecule has 106 valence electrons. The highest BCUT2D eigenvalue weighted by Gasteiger charge is 2.07. The van der Waals surface area contributed by atoms with Crippen LogP contribution in [0.4, 0.5) is 10.1 Å². The first-order chi connectivity index (χ1) is 10.1. The smallest absolute Gasteiger partial charge is 0.134 e. The van der Waals surface area contributed by atoms with Gasteiger partial charge in [0, 0.05) is 11.3 Å². The minimum atomic E-state index is -0.344. The van der Waals surface area contributed by atoms with E-state index in [0.717, 1.165) is 26.6 Å². The molecule has 0 aliphatic carbocycles. The maximum Gasteiger partial charge on any atom is 0.134 e. The van der Waals surface area contributed by atoms with E-state index < -0.39 is 0 Å². The van der Waals surface area contributed by atoms with E-state index in [1.54, 1.807) is 6.07 Å². The number of halogens is 2. The van der Waals surface area contributed by atoms with E-state index in [1.165, 1.54) is 12.1 Å². The highest BCUT2D eigenvalue weighted by molar-refractivity contribution is 9.10. The Morgan fingerprint density at radius 1 is 1.05 bits per heavy atom. The summed E-state index contributed by atoms with van der Waals surface area (Å²) in [5.74, 6) is 0.389. The number of benzene rings is 3. The standard InChI is InChI=1S/C17H13BrFNO/c18-17-14-4-2-1-3-11(14)6-8-16(17)21-10-12-5-7-13(19)9-15(12)20/h1-9H,10,20H2. The van der Waals surface area contributed by atoms with Gasteiger partial charge in [0.15, 0.2) is 0 Å². The SMILES string of the molecule is Nc1cc(F)ccc1COc1ccc2ccccc2c1Br. The highest BCUT2D eigenvalue weighted by Crippen LogP contribution is 2.33. The van der Waals surface area contributed by atoms with Crippen molar-refractivity contribution in [1.29, 1.82) is 0 Å². The molecular formula is C17H13BrFNO. The Morgan fingerprint density at radius 3 is 2.67 bits per heavy atom. The van der Waals surface area contributed by atoms with Gasteiger partial charge < -0.3 is 10.5 Å². The molecule has 0 aromatic heterocycles. The van der Waals surface area contributed by atoms with Gasteiger partial charge in [0.25, 0.3) is 0 Å². The summed E-state index contributed by atoms with van der Waals surface area (Å²) in [7, 11) is 0. The van der Waals surface area contributed by atoms with Crippen LogP contribution in [0.3, 0.4) is 0 Å². The van der Waals surface area contributed by atoms with E-state index in [9.17, 15) is 4.39 Å². The molecule has 2 N–H and O–H groups in total. The van der Waals surface area contributed by atoms with Crippen LogP contribution >= 0.6 is 15.9 Å². The maximum atomic E-state index is 13.0. The Bertz CT molecular complexity index is 804. The molecule has 3 rings (SSSR count). The molecule has 21 heavy (non-hydrogen) atoms. The van der Waals surface area contributed by atoms with E-state index in [2.05, 4.69) is 15.9 Å². The number of anilines is 1. The van der Waals surface area contributed by atoms with E-state index in [4.69, 9.17) is 10.5 Å². The number of nitrogen functional groups attached to an aromatic ring is 1. The number of hydrogen-bond acceptors (Lipinski definition) is 2. The van der Waals surface area contributed by atoms with Gasteiger partial charge in [-0.25, -0.2) is 4.39 Å². The van der Waals surface area contributed by atoms with Crippen molar-refractivity contribution in [1.82, 2.24) is 0 Å². The third-order valence-electron chi connectivity index (χ3n) is 3.32. The van der Waals surface area contributed by atoms with Gasteiger partial charge in [-0.1, -0.05) is 36.4 Å². The summed E-state index contributed by atoms with van der Waals surface area (Å²) < 4.78 is 19.7. The Morgan fingerprint density at radius 2 is 1.86 bits per heavy atom. The monoisotopic (exact) mass is 345 g/mol. The van der Waals surface area contributed by atoms with E-state index >= 15 is 0 Å². The molecule has 0 saturated carbocycles. The van der Waals surface area contributed by atoms with Gasteiger partial charge >= 0.3 is 0 Å². The molecule has 0 amide bonds. The molecule has 3 aromatic carbocycles. The average Bonchev–Trinajstić information content (AvgIpc) is 2.48. The Hall–Kier alpha value is -2.07. The van der Waals surface area contributed by atoms with Gasteiger partial charge in [0.05, 0.1) is 4.47 Å². The first-order valence-corrected chi connectivity index (χ1v) is 7.28. The van der Waals surface area contributed by atoms with Gasteiger partial charge in [-0.05, 0) is 44.9 Å². The fourth-order valence-electron chi connectivity index (χ4n) is 2.18. The van der Waals surface area contributed by atoms with Crippen LogP contribution < -0.4 is 10.5 Å². The van der Waals surface area contributed by atoms with Crippen molar-refractivity contribution in [3.05, 3.63) is 70.5 Å². The molecule has 0 fully saturated rings. The minimum Gasteiger partial charge on any atom is -0.488 e. The molecule has 0 saturated heterocycles. The molecule has 0 heterocycles. The van der Waals surface area contributed by atoms with Crippen LogP contribution in [0.15, 0.2) is 59.1 Å². The fraction of sp³-hybridized carbons (Fsp3) is 0.0588. The molecule has 0 unspecified atom stereocenters. The van der Waals surface area contributed by atoms with Gasteiger partial charge in [-0.3, -0.25) is 0 Å². The molecule has 0 radical (unpaired) electrons. The Kier molecular flexibility index (Phi) is 3.80. The van der Waals surface area contributed by atoms with Gasteiger partial charge in [0.1, 0.15) is 18.2 Å². The molecule has 0 spiro atoms. The number of hydrogen-bond donors (Lipinski definition) is 1. The van der Waals surface area contributed by atoms with Crippen LogP contribution in [0.5, 0.6) is 5.75 Å². The van der Waals surface area contributed by atoms with Crippen molar-refractivity contribution in [2.45, 2.75) is 6.61 Å². The summed E-state index contributed by atoms with van der Waals surface area (Å²) in [4.78, 5) is 0. The second-order valence-electron chi connectivity index (χ2n) is 4.73. The van der Waals surface area contributed by atoms with E-state index in [-0.39, 0.29) is 5.82 Å². The summed E-state index contributed by atoms with van der Waals surface area (Å²) in [6.07, 6.45) is 0. The van der Waals surface area contributed by atoms with Crippen LogP contribution in [-0.4, -0.2) is 0 Å². The van der Waals surface area contributed by atoms with E-state index in [0.29, 0.717) is 12.3 Å². The van der Waals surface area contributed by atoms with Crippen LogP contribution in [0.25, 0.3) is 10.8 Å². The van der Waals surface area contributed by atoms with Gasteiger partial charge in [0.2, 0.25) is 0 Å². The molecule has 4 heteroatoms. The zero-order valence-corrected chi connectivity index (χ0v) is 12.7. The summed E-state index contributed by atoms with van der Waals surface area (Å²) in [6, 6.07) is 16.3. The van der Waals surface area contributed by atoms with Gasteiger partial charge in [-0.15, -0.1) is 0 Å². The zero-order chi connectivity index (χ0) is 14.8. The largest absolute Gasteiger partial charge is 0.488 e. The molecule has 0 bridgehead atoms. The predicted molar refractivity (Wildman–Crippen MR) is 86.8 cm³/mol. The van der Waals surface area contributed by atoms with Crippen molar-refractivity contribution in [3.63, 3.8) is 0 Å². The van der Waals surface area contributed by atoms with Crippen LogP contribution in [0.1, 0.15) is 5.56 Å². The zero-order valence-electron chi connectivity index (χ0n) is 11.1. The quantitative estimate of drug-likeness (QED) is 0.685. The molecule has 2 nitrogen and oxygen atoms in total. The molecule has 0 aliphatic rings. The molecule has 3 aromatic rings. The summed E-state index contributed by atoms with van der Waals surface area (Å²) in [5, 5.41) is 2.22.